The highest BCUT2D eigenvalue weighted by molar-refractivity contribution is 14.0. The van der Waals surface area contributed by atoms with E-state index in [-0.39, 0.29) is 35.8 Å². The lowest BCUT2D eigenvalue weighted by atomic mass is 9.90. The Morgan fingerprint density at radius 3 is 2.69 bits per heavy atom. The monoisotopic (exact) mass is 472 g/mol. The molecule has 1 aliphatic heterocycles. The van der Waals surface area contributed by atoms with Gasteiger partial charge in [0.25, 0.3) is 0 Å². The second kappa shape index (κ2) is 10.7. The summed E-state index contributed by atoms with van der Waals surface area (Å²) in [5.41, 5.74) is 2.45. The lowest BCUT2D eigenvalue weighted by Gasteiger charge is -2.24. The molecule has 0 radical (unpaired) electrons. The first-order valence-corrected chi connectivity index (χ1v) is 9.30. The third kappa shape index (κ3) is 7.51. The van der Waals surface area contributed by atoms with Gasteiger partial charge in [0.15, 0.2) is 5.96 Å². The molecule has 6 heteroatoms. The van der Waals surface area contributed by atoms with Gasteiger partial charge >= 0.3 is 0 Å². The van der Waals surface area contributed by atoms with Crippen LogP contribution < -0.4 is 16.0 Å². The Balaban J connectivity index is 0.00000338. The van der Waals surface area contributed by atoms with Crippen molar-refractivity contribution in [2.45, 2.75) is 52.9 Å². The summed E-state index contributed by atoms with van der Waals surface area (Å²) in [7, 11) is 0. The Hall–Kier alpha value is -1.31. The average molecular weight is 472 g/mol. The number of anilines is 1. The van der Waals surface area contributed by atoms with Crippen LogP contribution in [0.15, 0.2) is 29.3 Å². The molecular formula is C20H33IN4O. The molecule has 0 aliphatic carbocycles. The number of hydrogen-bond donors (Lipinski definition) is 3. The van der Waals surface area contributed by atoms with Crippen LogP contribution in [0.1, 0.15) is 58.4 Å². The zero-order valence-electron chi connectivity index (χ0n) is 16.4. The molecule has 1 heterocycles. The topological polar surface area (TPSA) is 65.5 Å². The van der Waals surface area contributed by atoms with E-state index in [0.29, 0.717) is 18.4 Å². The minimum absolute atomic E-state index is 0. The molecule has 1 aliphatic rings. The van der Waals surface area contributed by atoms with Crippen molar-refractivity contribution in [2.24, 2.45) is 10.4 Å². The van der Waals surface area contributed by atoms with Crippen molar-refractivity contribution in [3.05, 3.63) is 29.8 Å². The van der Waals surface area contributed by atoms with Gasteiger partial charge in [0.05, 0.1) is 6.54 Å². The number of nitrogens with zero attached hydrogens (tertiary/aromatic N) is 1. The molecule has 0 bridgehead atoms. The van der Waals surface area contributed by atoms with Crippen LogP contribution in [-0.2, 0) is 4.79 Å². The third-order valence-corrected chi connectivity index (χ3v) is 4.32. The minimum Gasteiger partial charge on any atom is -0.357 e. The van der Waals surface area contributed by atoms with Gasteiger partial charge in [0.1, 0.15) is 0 Å². The number of benzene rings is 1. The molecule has 0 fully saturated rings. The van der Waals surface area contributed by atoms with E-state index < -0.39 is 0 Å². The van der Waals surface area contributed by atoms with E-state index in [9.17, 15) is 4.79 Å². The Morgan fingerprint density at radius 2 is 2.00 bits per heavy atom. The molecule has 1 atom stereocenters. The first kappa shape index (κ1) is 22.7. The molecule has 26 heavy (non-hydrogen) atoms. The number of amides is 1. The Kier molecular flexibility index (Phi) is 9.39. The highest BCUT2D eigenvalue weighted by Gasteiger charge is 2.24. The average Bonchev–Trinajstić information content (AvgIpc) is 2.55. The smallest absolute Gasteiger partial charge is 0.225 e. The summed E-state index contributed by atoms with van der Waals surface area (Å²) in [6, 6.07) is 8.01. The number of carbonyl (C=O) groups excluding carboxylic acids is 1. The minimum atomic E-state index is 0. The zero-order valence-corrected chi connectivity index (χ0v) is 18.7. The van der Waals surface area contributed by atoms with Gasteiger partial charge in [-0.2, -0.15) is 0 Å². The fraction of sp³-hybridized carbons (Fsp3) is 0.600. The van der Waals surface area contributed by atoms with Crippen molar-refractivity contribution < 1.29 is 4.79 Å². The van der Waals surface area contributed by atoms with Crippen LogP contribution in [-0.4, -0.2) is 31.5 Å². The molecule has 0 aromatic heterocycles. The maximum absolute atomic E-state index is 11.9. The zero-order chi connectivity index (χ0) is 18.3. The highest BCUT2D eigenvalue weighted by atomic mass is 127. The van der Waals surface area contributed by atoms with Crippen LogP contribution in [0.5, 0.6) is 0 Å². The van der Waals surface area contributed by atoms with Crippen LogP contribution in [0.25, 0.3) is 0 Å². The van der Waals surface area contributed by atoms with E-state index in [1.807, 2.05) is 18.2 Å². The third-order valence-electron chi connectivity index (χ3n) is 4.32. The van der Waals surface area contributed by atoms with Gasteiger partial charge in [-0.05, 0) is 36.8 Å². The predicted molar refractivity (Wildman–Crippen MR) is 121 cm³/mol. The quantitative estimate of drug-likeness (QED) is 0.253. The van der Waals surface area contributed by atoms with Gasteiger partial charge in [0.2, 0.25) is 5.91 Å². The molecule has 1 aromatic rings. The van der Waals surface area contributed by atoms with Gasteiger partial charge in [-0.3, -0.25) is 9.79 Å². The van der Waals surface area contributed by atoms with Gasteiger partial charge in [0, 0.05) is 31.1 Å². The van der Waals surface area contributed by atoms with Crippen LogP contribution in [0.2, 0.25) is 0 Å². The second-order valence-electron chi connectivity index (χ2n) is 7.85. The molecule has 0 saturated carbocycles. The molecule has 1 aromatic carbocycles. The predicted octanol–water partition coefficient (Wildman–Crippen LogP) is 4.11. The Labute approximate surface area is 174 Å². The van der Waals surface area contributed by atoms with Gasteiger partial charge in [-0.15, -0.1) is 24.0 Å². The molecule has 0 spiro atoms. The largest absolute Gasteiger partial charge is 0.357 e. The van der Waals surface area contributed by atoms with E-state index in [4.69, 9.17) is 4.99 Å². The molecule has 0 saturated heterocycles. The highest BCUT2D eigenvalue weighted by Crippen LogP contribution is 2.31. The molecule has 3 N–H and O–H groups in total. The summed E-state index contributed by atoms with van der Waals surface area (Å²) in [6.45, 7) is 11.2. The number of fused-ring (bicyclic) bond motifs is 1. The number of rotatable bonds is 6. The molecular weight excluding hydrogens is 439 g/mol. The summed E-state index contributed by atoms with van der Waals surface area (Å²) >= 11 is 0. The number of nitrogens with one attached hydrogen (secondary N) is 3. The van der Waals surface area contributed by atoms with Crippen molar-refractivity contribution in [2.75, 3.05) is 25.0 Å². The maximum Gasteiger partial charge on any atom is 0.225 e. The van der Waals surface area contributed by atoms with Crippen LogP contribution >= 0.6 is 24.0 Å². The second-order valence-corrected chi connectivity index (χ2v) is 7.85. The van der Waals surface area contributed by atoms with E-state index in [1.54, 1.807) is 0 Å². The molecule has 146 valence electrons. The summed E-state index contributed by atoms with van der Waals surface area (Å²) in [5.74, 6) is 1.04. The number of hydrogen-bond acceptors (Lipinski definition) is 2. The van der Waals surface area contributed by atoms with Crippen molar-refractivity contribution in [1.29, 1.82) is 0 Å². The summed E-state index contributed by atoms with van der Waals surface area (Å²) in [5, 5.41) is 9.64. The lowest BCUT2D eigenvalue weighted by molar-refractivity contribution is -0.116. The summed E-state index contributed by atoms with van der Waals surface area (Å²) < 4.78 is 0. The number of halogens is 1. The van der Waals surface area contributed by atoms with E-state index >= 15 is 0 Å². The van der Waals surface area contributed by atoms with Crippen LogP contribution in [0.4, 0.5) is 5.69 Å². The lowest BCUT2D eigenvalue weighted by Crippen LogP contribution is -2.38. The molecule has 2 rings (SSSR count). The van der Waals surface area contributed by atoms with E-state index in [0.717, 1.165) is 31.2 Å². The number of para-hydroxylation sites is 1. The summed E-state index contributed by atoms with van der Waals surface area (Å²) in [4.78, 5) is 16.6. The van der Waals surface area contributed by atoms with E-state index in [1.165, 1.54) is 12.0 Å². The van der Waals surface area contributed by atoms with Crippen molar-refractivity contribution in [1.82, 2.24) is 10.6 Å². The Morgan fingerprint density at radius 1 is 1.27 bits per heavy atom. The van der Waals surface area contributed by atoms with Crippen molar-refractivity contribution in [3.8, 4) is 0 Å². The molecule has 1 unspecified atom stereocenters. The number of aliphatic imine (C=N–C) groups is 1. The van der Waals surface area contributed by atoms with Gasteiger partial charge in [-0.1, -0.05) is 39.0 Å². The van der Waals surface area contributed by atoms with Gasteiger partial charge < -0.3 is 16.0 Å². The Bertz CT molecular complexity index is 610. The fourth-order valence-electron chi connectivity index (χ4n) is 3.03. The number of guanidine groups is 1. The first-order chi connectivity index (χ1) is 11.9. The van der Waals surface area contributed by atoms with Crippen molar-refractivity contribution >= 4 is 41.5 Å². The van der Waals surface area contributed by atoms with Crippen LogP contribution in [0, 0.1) is 5.41 Å². The fourth-order valence-corrected chi connectivity index (χ4v) is 3.03. The van der Waals surface area contributed by atoms with Crippen LogP contribution in [0.3, 0.4) is 0 Å². The summed E-state index contributed by atoms with van der Waals surface area (Å²) in [6.07, 6.45) is 2.78. The van der Waals surface area contributed by atoms with Gasteiger partial charge in [-0.25, -0.2) is 0 Å². The standard InChI is InChI=1S/C20H32N4O.HI/c1-5-21-19(22-12-8-11-20(2,3)4)23-14-15-13-18(25)24-17-10-7-6-9-16(15)17;/h6-7,9-10,15H,5,8,11-14H2,1-4H3,(H,24,25)(H2,21,22,23);1H. The van der Waals surface area contributed by atoms with Crippen molar-refractivity contribution in [3.63, 3.8) is 0 Å². The molecule has 1 amide bonds. The molecule has 5 nitrogen and oxygen atoms in total. The SMILES string of the molecule is CCNC(=NCC1CC(=O)Nc2ccccc21)NCCCC(C)(C)C.I. The van der Waals surface area contributed by atoms with E-state index in [2.05, 4.69) is 49.7 Å². The number of carbonyl (C=O) groups is 1. The first-order valence-electron chi connectivity index (χ1n) is 9.30. The normalized spacial score (nSPS) is 17.0. The maximum atomic E-state index is 11.9.